The summed E-state index contributed by atoms with van der Waals surface area (Å²) in [6, 6.07) is 17.9. The van der Waals surface area contributed by atoms with Crippen LogP contribution >= 0.6 is 11.8 Å². The highest BCUT2D eigenvalue weighted by atomic mass is 32.2. The topological polar surface area (TPSA) is 75.2 Å². The molecule has 0 spiro atoms. The number of thioether (sulfide) groups is 1. The highest BCUT2D eigenvalue weighted by Gasteiger charge is 2.07. The molecule has 2 N–H and O–H groups in total. The molecule has 1 aromatic heterocycles. The number of hydrogen-bond donors (Lipinski definition) is 2. The third-order valence-corrected chi connectivity index (χ3v) is 4.43. The van der Waals surface area contributed by atoms with Crippen molar-refractivity contribution in [1.29, 1.82) is 0 Å². The van der Waals surface area contributed by atoms with Crippen LogP contribution in [0.5, 0.6) is 5.75 Å². The Balaban J connectivity index is 1.59. The van der Waals surface area contributed by atoms with Gasteiger partial charge < -0.3 is 4.74 Å². The molecule has 2 aromatic carbocycles. The van der Waals surface area contributed by atoms with E-state index in [1.165, 1.54) is 11.8 Å². The lowest BCUT2D eigenvalue weighted by molar-refractivity contribution is 0.411. The van der Waals surface area contributed by atoms with Crippen molar-refractivity contribution in [2.24, 2.45) is 5.10 Å². The van der Waals surface area contributed by atoms with Crippen LogP contribution in [0.2, 0.25) is 0 Å². The number of benzene rings is 2. The summed E-state index contributed by atoms with van der Waals surface area (Å²) in [5.41, 5.74) is 5.94. The van der Waals surface area contributed by atoms with Crippen molar-refractivity contribution < 1.29 is 4.74 Å². The van der Waals surface area contributed by atoms with Gasteiger partial charge in [0.15, 0.2) is 0 Å². The van der Waals surface area contributed by atoms with E-state index in [4.69, 9.17) is 4.74 Å². The lowest BCUT2D eigenvalue weighted by Gasteiger charge is -2.05. The van der Waals surface area contributed by atoms with Crippen molar-refractivity contribution in [3.8, 4) is 5.75 Å². The Morgan fingerprint density at radius 3 is 2.72 bits per heavy atom. The maximum atomic E-state index is 5.35. The molecule has 7 heteroatoms. The van der Waals surface area contributed by atoms with E-state index >= 15 is 0 Å². The molecule has 3 rings (SSSR count). The van der Waals surface area contributed by atoms with Crippen molar-refractivity contribution in [3.05, 3.63) is 65.7 Å². The zero-order chi connectivity index (χ0) is 17.5. The van der Waals surface area contributed by atoms with Gasteiger partial charge in [0, 0.05) is 11.3 Å². The van der Waals surface area contributed by atoms with E-state index in [9.17, 15) is 0 Å². The third kappa shape index (κ3) is 4.60. The summed E-state index contributed by atoms with van der Waals surface area (Å²) in [5, 5.41) is 12.0. The minimum atomic E-state index is 0.512. The highest BCUT2D eigenvalue weighted by Crippen LogP contribution is 2.26. The Labute approximate surface area is 150 Å². The zero-order valence-electron chi connectivity index (χ0n) is 14.1. The van der Waals surface area contributed by atoms with E-state index in [2.05, 4.69) is 25.7 Å². The van der Waals surface area contributed by atoms with E-state index in [0.29, 0.717) is 11.1 Å². The van der Waals surface area contributed by atoms with Gasteiger partial charge in [-0.1, -0.05) is 60.3 Å². The van der Waals surface area contributed by atoms with Gasteiger partial charge in [0.1, 0.15) is 5.75 Å². The standard InChI is InChI=1S/C18H19N5OS/c1-13(14-8-4-3-5-9-14)20-21-17-19-18(23-22-17)25-12-15-10-6-7-11-16(15)24-2/h3-11H,12H2,1-2H3,(H2,19,21,22,23)/b20-13+. The van der Waals surface area contributed by atoms with Crippen LogP contribution in [0.1, 0.15) is 18.1 Å². The number of aromatic amines is 1. The number of hydrogen-bond acceptors (Lipinski definition) is 6. The second-order valence-electron chi connectivity index (χ2n) is 5.24. The summed E-state index contributed by atoms with van der Waals surface area (Å²) in [7, 11) is 1.67. The van der Waals surface area contributed by atoms with Gasteiger partial charge in [-0.15, -0.1) is 5.10 Å². The van der Waals surface area contributed by atoms with Crippen LogP contribution in [-0.4, -0.2) is 28.0 Å². The second-order valence-corrected chi connectivity index (χ2v) is 6.18. The minimum absolute atomic E-state index is 0.512. The summed E-state index contributed by atoms with van der Waals surface area (Å²) in [4.78, 5) is 4.38. The molecule has 0 aliphatic carbocycles. The lowest BCUT2D eigenvalue weighted by atomic mass is 10.1. The van der Waals surface area contributed by atoms with Gasteiger partial charge in [-0.2, -0.15) is 10.1 Å². The first kappa shape index (κ1) is 17.0. The number of nitrogens with zero attached hydrogens (tertiary/aromatic N) is 3. The number of methoxy groups -OCH3 is 1. The molecule has 25 heavy (non-hydrogen) atoms. The number of para-hydroxylation sites is 1. The van der Waals surface area contributed by atoms with Gasteiger partial charge in [-0.05, 0) is 18.6 Å². The Hall–Kier alpha value is -2.80. The molecule has 0 unspecified atom stereocenters. The fourth-order valence-electron chi connectivity index (χ4n) is 2.21. The second kappa shape index (κ2) is 8.34. The van der Waals surface area contributed by atoms with Crippen molar-refractivity contribution in [2.45, 2.75) is 17.8 Å². The third-order valence-electron chi connectivity index (χ3n) is 3.54. The number of hydrazone groups is 1. The molecular formula is C18H19N5OS. The molecule has 0 aliphatic rings. The van der Waals surface area contributed by atoms with E-state index in [0.717, 1.165) is 28.3 Å². The molecule has 0 atom stereocenters. The smallest absolute Gasteiger partial charge is 0.240 e. The number of aromatic nitrogens is 3. The van der Waals surface area contributed by atoms with Gasteiger partial charge in [0.05, 0.1) is 12.8 Å². The molecule has 1 heterocycles. The fourth-order valence-corrected chi connectivity index (χ4v) is 3.00. The SMILES string of the molecule is COc1ccccc1CSc1n[nH]c(N/N=C(\C)c2ccccc2)n1. The number of anilines is 1. The Morgan fingerprint density at radius 2 is 1.92 bits per heavy atom. The van der Waals surface area contributed by atoms with Crippen LogP contribution in [-0.2, 0) is 5.75 Å². The first-order valence-electron chi connectivity index (χ1n) is 7.79. The average molecular weight is 353 g/mol. The van der Waals surface area contributed by atoms with Crippen molar-refractivity contribution in [2.75, 3.05) is 12.5 Å². The maximum absolute atomic E-state index is 5.35. The number of nitrogens with one attached hydrogen (secondary N) is 2. The van der Waals surface area contributed by atoms with Crippen molar-refractivity contribution in [3.63, 3.8) is 0 Å². The van der Waals surface area contributed by atoms with E-state index in [1.54, 1.807) is 7.11 Å². The Kier molecular flexibility index (Phi) is 5.69. The van der Waals surface area contributed by atoms with Crippen LogP contribution in [0.4, 0.5) is 5.95 Å². The molecule has 128 valence electrons. The summed E-state index contributed by atoms with van der Waals surface area (Å²) in [5.74, 6) is 2.11. The Morgan fingerprint density at radius 1 is 1.16 bits per heavy atom. The molecule has 0 saturated carbocycles. The summed E-state index contributed by atoms with van der Waals surface area (Å²) >= 11 is 1.53. The zero-order valence-corrected chi connectivity index (χ0v) is 14.9. The number of rotatable bonds is 7. The van der Waals surface area contributed by atoms with E-state index in [-0.39, 0.29) is 0 Å². The minimum Gasteiger partial charge on any atom is -0.496 e. The van der Waals surface area contributed by atoms with Crippen molar-refractivity contribution >= 4 is 23.4 Å². The van der Waals surface area contributed by atoms with E-state index < -0.39 is 0 Å². The molecule has 0 aliphatic heterocycles. The van der Waals surface area contributed by atoms with Gasteiger partial charge in [0.25, 0.3) is 0 Å². The summed E-state index contributed by atoms with van der Waals surface area (Å²) in [6.45, 7) is 1.94. The first-order valence-corrected chi connectivity index (χ1v) is 8.77. The van der Waals surface area contributed by atoms with Crippen LogP contribution in [0.15, 0.2) is 64.9 Å². The fraction of sp³-hybridized carbons (Fsp3) is 0.167. The monoisotopic (exact) mass is 353 g/mol. The molecule has 3 aromatic rings. The van der Waals surface area contributed by atoms with Crippen LogP contribution in [0.25, 0.3) is 0 Å². The van der Waals surface area contributed by atoms with Crippen LogP contribution in [0, 0.1) is 0 Å². The Bertz CT molecular complexity index is 847. The van der Waals surface area contributed by atoms with Gasteiger partial charge in [-0.3, -0.25) is 0 Å². The first-order chi connectivity index (χ1) is 12.3. The molecule has 0 saturated heterocycles. The quantitative estimate of drug-likeness (QED) is 0.382. The molecule has 0 amide bonds. The predicted molar refractivity (Wildman–Crippen MR) is 101 cm³/mol. The number of ether oxygens (including phenoxy) is 1. The van der Waals surface area contributed by atoms with Gasteiger partial charge in [-0.25, -0.2) is 10.5 Å². The maximum Gasteiger partial charge on any atom is 0.240 e. The summed E-state index contributed by atoms with van der Waals surface area (Å²) in [6.07, 6.45) is 0. The van der Waals surface area contributed by atoms with Crippen LogP contribution < -0.4 is 10.2 Å². The predicted octanol–water partition coefficient (Wildman–Crippen LogP) is 3.94. The largest absolute Gasteiger partial charge is 0.496 e. The molecule has 0 bridgehead atoms. The molecule has 6 nitrogen and oxygen atoms in total. The lowest BCUT2D eigenvalue weighted by Crippen LogP contribution is -2.00. The molecular weight excluding hydrogens is 334 g/mol. The normalized spacial score (nSPS) is 11.4. The van der Waals surface area contributed by atoms with Crippen LogP contribution in [0.3, 0.4) is 0 Å². The average Bonchev–Trinajstić information content (AvgIpc) is 3.13. The van der Waals surface area contributed by atoms with Gasteiger partial charge >= 0.3 is 0 Å². The van der Waals surface area contributed by atoms with Crippen molar-refractivity contribution in [1.82, 2.24) is 15.2 Å². The molecule has 0 radical (unpaired) electrons. The highest BCUT2D eigenvalue weighted by molar-refractivity contribution is 7.98. The van der Waals surface area contributed by atoms with E-state index in [1.807, 2.05) is 61.5 Å². The summed E-state index contributed by atoms with van der Waals surface area (Å²) < 4.78 is 5.35. The number of H-pyrrole nitrogens is 1. The molecule has 0 fully saturated rings. The van der Waals surface area contributed by atoms with Gasteiger partial charge in [0.2, 0.25) is 11.1 Å².